The predicted octanol–water partition coefficient (Wildman–Crippen LogP) is 4.86. The Morgan fingerprint density at radius 1 is 1.19 bits per heavy atom. The highest BCUT2D eigenvalue weighted by molar-refractivity contribution is 9.10. The van der Waals surface area contributed by atoms with Gasteiger partial charge in [0.2, 0.25) is 0 Å². The van der Waals surface area contributed by atoms with Crippen molar-refractivity contribution in [2.45, 2.75) is 12.5 Å². The molecule has 2 nitrogen and oxygen atoms in total. The summed E-state index contributed by atoms with van der Waals surface area (Å²) in [5.41, 5.74) is 1.75. The summed E-state index contributed by atoms with van der Waals surface area (Å²) in [4.78, 5) is 0. The van der Waals surface area contributed by atoms with Crippen molar-refractivity contribution in [1.29, 1.82) is 0 Å². The number of hydrogen-bond donors (Lipinski definition) is 1. The summed E-state index contributed by atoms with van der Waals surface area (Å²) < 4.78 is 21.0. The molecule has 0 aliphatic carbocycles. The van der Waals surface area contributed by atoms with Crippen LogP contribution < -0.4 is 10.1 Å². The molecule has 0 saturated heterocycles. The van der Waals surface area contributed by atoms with E-state index in [0.717, 1.165) is 20.3 Å². The van der Waals surface area contributed by atoms with E-state index in [9.17, 15) is 4.39 Å². The van der Waals surface area contributed by atoms with E-state index in [0.29, 0.717) is 12.0 Å². The molecule has 0 heterocycles. The van der Waals surface area contributed by atoms with E-state index in [2.05, 4.69) is 37.2 Å². The minimum atomic E-state index is -0.204. The van der Waals surface area contributed by atoms with Crippen molar-refractivity contribution < 1.29 is 9.13 Å². The third kappa shape index (κ3) is 4.05. The van der Waals surface area contributed by atoms with Crippen LogP contribution in [0.25, 0.3) is 0 Å². The fraction of sp³-hybridized carbons (Fsp3) is 0.250. The zero-order chi connectivity index (χ0) is 15.4. The highest BCUT2D eigenvalue weighted by Gasteiger charge is 2.15. The van der Waals surface area contributed by atoms with Gasteiger partial charge in [-0.25, -0.2) is 4.39 Å². The van der Waals surface area contributed by atoms with Crippen LogP contribution in [0.4, 0.5) is 4.39 Å². The maximum Gasteiger partial charge on any atom is 0.133 e. The van der Waals surface area contributed by atoms with Crippen LogP contribution in [0.3, 0.4) is 0 Å². The third-order valence-electron chi connectivity index (χ3n) is 3.34. The molecule has 0 radical (unpaired) electrons. The number of hydrogen-bond acceptors (Lipinski definition) is 2. The van der Waals surface area contributed by atoms with E-state index in [-0.39, 0.29) is 11.9 Å². The second-order valence-corrected chi connectivity index (χ2v) is 6.45. The molecule has 0 aromatic heterocycles. The van der Waals surface area contributed by atoms with Crippen LogP contribution in [0.2, 0.25) is 0 Å². The molecule has 2 aromatic rings. The van der Waals surface area contributed by atoms with E-state index in [1.165, 1.54) is 6.07 Å². The number of nitrogens with one attached hydrogen (secondary N) is 1. The van der Waals surface area contributed by atoms with Crippen molar-refractivity contribution in [3.63, 3.8) is 0 Å². The summed E-state index contributed by atoms with van der Waals surface area (Å²) >= 11 is 6.87. The lowest BCUT2D eigenvalue weighted by Gasteiger charge is -2.18. The van der Waals surface area contributed by atoms with Gasteiger partial charge < -0.3 is 10.1 Å². The van der Waals surface area contributed by atoms with E-state index < -0.39 is 0 Å². The minimum Gasteiger partial charge on any atom is -0.496 e. The maximum atomic E-state index is 14.0. The van der Waals surface area contributed by atoms with E-state index in [4.69, 9.17) is 4.74 Å². The lowest BCUT2D eigenvalue weighted by atomic mass is 9.98. The molecule has 0 bridgehead atoms. The highest BCUT2D eigenvalue weighted by atomic mass is 79.9. The van der Waals surface area contributed by atoms with Gasteiger partial charge in [-0.1, -0.05) is 22.0 Å². The molecule has 1 unspecified atom stereocenters. The number of likely N-dealkylation sites (N-methyl/N-ethyl adjacent to an activating group) is 1. The summed E-state index contributed by atoms with van der Waals surface area (Å²) in [6, 6.07) is 10.8. The summed E-state index contributed by atoms with van der Waals surface area (Å²) in [6.45, 7) is 0. The van der Waals surface area contributed by atoms with Gasteiger partial charge in [-0.15, -0.1) is 0 Å². The Morgan fingerprint density at radius 3 is 2.57 bits per heavy atom. The average Bonchev–Trinajstić information content (AvgIpc) is 2.47. The van der Waals surface area contributed by atoms with Crippen molar-refractivity contribution in [3.8, 4) is 5.75 Å². The third-order valence-corrected chi connectivity index (χ3v) is 4.45. The van der Waals surface area contributed by atoms with Crippen molar-refractivity contribution in [2.75, 3.05) is 14.2 Å². The Balaban J connectivity index is 2.26. The molecule has 0 aliphatic rings. The van der Waals surface area contributed by atoms with Crippen molar-refractivity contribution in [2.24, 2.45) is 0 Å². The first kappa shape index (κ1) is 16.5. The molecule has 2 aromatic carbocycles. The summed E-state index contributed by atoms with van der Waals surface area (Å²) in [7, 11) is 3.47. The van der Waals surface area contributed by atoms with E-state index in [1.54, 1.807) is 13.2 Å². The van der Waals surface area contributed by atoms with Gasteiger partial charge in [0, 0.05) is 16.1 Å². The van der Waals surface area contributed by atoms with Gasteiger partial charge in [0.15, 0.2) is 0 Å². The van der Waals surface area contributed by atoms with Crippen molar-refractivity contribution >= 4 is 31.9 Å². The second-order valence-electron chi connectivity index (χ2n) is 4.68. The predicted molar refractivity (Wildman–Crippen MR) is 90.3 cm³/mol. The standard InChI is InChI=1S/C16H16Br2FNO/c1-20-15(12-9-11(17)4-5-14(12)19)8-10-3-6-16(21-2)13(18)7-10/h3-7,9,15,20H,8H2,1-2H3. The van der Waals surface area contributed by atoms with Gasteiger partial charge in [-0.05, 0) is 65.3 Å². The minimum absolute atomic E-state index is 0.0946. The molecule has 0 fully saturated rings. The first-order valence-corrected chi connectivity index (χ1v) is 8.08. The Labute approximate surface area is 141 Å². The Kier molecular flexibility index (Phi) is 5.79. The summed E-state index contributed by atoms with van der Waals surface area (Å²) in [5, 5.41) is 3.18. The molecular weight excluding hydrogens is 401 g/mol. The molecule has 0 spiro atoms. The topological polar surface area (TPSA) is 21.3 Å². The zero-order valence-corrected chi connectivity index (χ0v) is 15.0. The lowest BCUT2D eigenvalue weighted by molar-refractivity contribution is 0.412. The highest BCUT2D eigenvalue weighted by Crippen LogP contribution is 2.29. The van der Waals surface area contributed by atoms with Crippen LogP contribution in [-0.4, -0.2) is 14.2 Å². The monoisotopic (exact) mass is 415 g/mol. The normalized spacial score (nSPS) is 12.2. The largest absolute Gasteiger partial charge is 0.496 e. The summed E-state index contributed by atoms with van der Waals surface area (Å²) in [5.74, 6) is 0.582. The van der Waals surface area contributed by atoms with Crippen LogP contribution in [0, 0.1) is 5.82 Å². The van der Waals surface area contributed by atoms with Gasteiger partial charge in [0.05, 0.1) is 11.6 Å². The molecule has 0 amide bonds. The van der Waals surface area contributed by atoms with Crippen molar-refractivity contribution in [3.05, 3.63) is 62.3 Å². The molecule has 112 valence electrons. The zero-order valence-electron chi connectivity index (χ0n) is 11.8. The number of halogens is 3. The first-order chi connectivity index (χ1) is 10.0. The van der Waals surface area contributed by atoms with Crippen LogP contribution in [0.1, 0.15) is 17.2 Å². The molecule has 1 atom stereocenters. The van der Waals surface area contributed by atoms with Crippen LogP contribution in [0.5, 0.6) is 5.75 Å². The quantitative estimate of drug-likeness (QED) is 0.751. The number of ether oxygens (including phenoxy) is 1. The van der Waals surface area contributed by atoms with E-state index in [1.807, 2.05) is 31.3 Å². The maximum absolute atomic E-state index is 14.0. The molecule has 2 rings (SSSR count). The molecule has 21 heavy (non-hydrogen) atoms. The van der Waals surface area contributed by atoms with Crippen LogP contribution >= 0.6 is 31.9 Å². The molecular formula is C16H16Br2FNO. The average molecular weight is 417 g/mol. The van der Waals surface area contributed by atoms with Gasteiger partial charge in [-0.2, -0.15) is 0 Å². The van der Waals surface area contributed by atoms with Gasteiger partial charge in [0.25, 0.3) is 0 Å². The summed E-state index contributed by atoms with van der Waals surface area (Å²) in [6.07, 6.45) is 0.687. The Morgan fingerprint density at radius 2 is 1.95 bits per heavy atom. The SMILES string of the molecule is CNC(Cc1ccc(OC)c(Br)c1)c1cc(Br)ccc1F. The molecule has 5 heteroatoms. The second kappa shape index (κ2) is 7.38. The fourth-order valence-electron chi connectivity index (χ4n) is 2.22. The number of benzene rings is 2. The fourth-order valence-corrected chi connectivity index (χ4v) is 3.19. The Bertz CT molecular complexity index is 634. The van der Waals surface area contributed by atoms with Gasteiger partial charge >= 0.3 is 0 Å². The molecule has 1 N–H and O–H groups in total. The lowest BCUT2D eigenvalue weighted by Crippen LogP contribution is -2.20. The van der Waals surface area contributed by atoms with Crippen molar-refractivity contribution in [1.82, 2.24) is 5.32 Å². The smallest absolute Gasteiger partial charge is 0.133 e. The molecule has 0 aliphatic heterocycles. The Hall–Kier alpha value is -0.910. The first-order valence-electron chi connectivity index (χ1n) is 6.49. The molecule has 0 saturated carbocycles. The van der Waals surface area contributed by atoms with Gasteiger partial charge in [-0.3, -0.25) is 0 Å². The van der Waals surface area contributed by atoms with Crippen LogP contribution in [-0.2, 0) is 6.42 Å². The van der Waals surface area contributed by atoms with E-state index >= 15 is 0 Å². The number of methoxy groups -OCH3 is 1. The van der Waals surface area contributed by atoms with Crippen LogP contribution in [0.15, 0.2) is 45.3 Å². The van der Waals surface area contributed by atoms with Gasteiger partial charge in [0.1, 0.15) is 11.6 Å². The number of rotatable bonds is 5.